The van der Waals surface area contributed by atoms with Gasteiger partial charge in [-0.15, -0.1) is 11.3 Å². The van der Waals surface area contributed by atoms with Crippen molar-refractivity contribution in [2.75, 3.05) is 0 Å². The van der Waals surface area contributed by atoms with Crippen LogP contribution in [0.15, 0.2) is 29.8 Å². The molecule has 3 nitrogen and oxygen atoms in total. The Hall–Kier alpha value is -0.650. The lowest BCUT2D eigenvalue weighted by molar-refractivity contribution is 0.551. The van der Waals surface area contributed by atoms with Gasteiger partial charge in [-0.2, -0.15) is 0 Å². The van der Waals surface area contributed by atoms with Crippen molar-refractivity contribution in [3.63, 3.8) is 0 Å². The van der Waals surface area contributed by atoms with Gasteiger partial charge in [0.15, 0.2) is 0 Å². The molecule has 17 heavy (non-hydrogen) atoms. The van der Waals surface area contributed by atoms with Crippen molar-refractivity contribution in [2.24, 2.45) is 5.84 Å². The summed E-state index contributed by atoms with van der Waals surface area (Å²) in [5, 5.41) is 4.17. The third kappa shape index (κ3) is 3.18. The minimum Gasteiger partial charge on any atom is -0.271 e. The van der Waals surface area contributed by atoms with Gasteiger partial charge >= 0.3 is 0 Å². The number of rotatable bonds is 4. The molecule has 0 saturated carbocycles. The van der Waals surface area contributed by atoms with E-state index in [1.165, 1.54) is 0 Å². The number of aromatic nitrogens is 1. The molecular weight excluding hydrogens is 277 g/mol. The van der Waals surface area contributed by atoms with E-state index in [9.17, 15) is 0 Å². The highest BCUT2D eigenvalue weighted by Gasteiger charge is 2.15. The summed E-state index contributed by atoms with van der Waals surface area (Å²) < 4.78 is 0. The Kier molecular flexibility index (Phi) is 4.36. The van der Waals surface area contributed by atoms with Gasteiger partial charge in [-0.1, -0.05) is 29.3 Å². The molecule has 0 radical (unpaired) electrons. The van der Waals surface area contributed by atoms with Crippen LogP contribution in [-0.4, -0.2) is 4.98 Å². The van der Waals surface area contributed by atoms with Crippen LogP contribution >= 0.6 is 34.5 Å². The first-order valence-corrected chi connectivity index (χ1v) is 6.63. The van der Waals surface area contributed by atoms with E-state index in [1.54, 1.807) is 29.7 Å². The molecule has 1 aromatic carbocycles. The summed E-state index contributed by atoms with van der Waals surface area (Å²) in [6, 6.07) is 5.33. The average Bonchev–Trinajstić information content (AvgIpc) is 2.79. The first-order valence-electron chi connectivity index (χ1n) is 5.00. The van der Waals surface area contributed by atoms with Crippen LogP contribution in [-0.2, 0) is 6.42 Å². The van der Waals surface area contributed by atoms with E-state index in [1.807, 2.05) is 11.4 Å². The van der Waals surface area contributed by atoms with Gasteiger partial charge < -0.3 is 0 Å². The molecule has 2 rings (SSSR count). The molecule has 0 aliphatic rings. The molecule has 0 amide bonds. The second-order valence-electron chi connectivity index (χ2n) is 3.52. The van der Waals surface area contributed by atoms with Crippen LogP contribution in [0.5, 0.6) is 0 Å². The van der Waals surface area contributed by atoms with E-state index in [0.717, 1.165) is 10.6 Å². The van der Waals surface area contributed by atoms with E-state index in [-0.39, 0.29) is 6.04 Å². The lowest BCUT2D eigenvalue weighted by Gasteiger charge is -2.16. The number of nitrogens with two attached hydrogens (primary N) is 1. The molecule has 1 unspecified atom stereocenters. The third-order valence-corrected chi connectivity index (χ3v) is 3.77. The van der Waals surface area contributed by atoms with Crippen LogP contribution in [0, 0.1) is 0 Å². The van der Waals surface area contributed by atoms with E-state index in [2.05, 4.69) is 10.4 Å². The minimum absolute atomic E-state index is 0.0640. The fraction of sp³-hybridized carbons (Fsp3) is 0.182. The molecule has 3 N–H and O–H groups in total. The highest BCUT2D eigenvalue weighted by molar-refractivity contribution is 7.09. The third-order valence-electron chi connectivity index (χ3n) is 2.40. The maximum Gasteiger partial charge on any atom is 0.0944 e. The number of hydrazine groups is 1. The smallest absolute Gasteiger partial charge is 0.0944 e. The van der Waals surface area contributed by atoms with Gasteiger partial charge in [0.1, 0.15) is 0 Å². The highest BCUT2D eigenvalue weighted by Crippen LogP contribution is 2.28. The van der Waals surface area contributed by atoms with Crippen LogP contribution < -0.4 is 11.3 Å². The standard InChI is InChI=1S/C11H11Cl2N3S/c12-7-1-2-8(9(13)5-7)10(16-14)6-11-15-3-4-17-11/h1-5,10,16H,6,14H2. The molecule has 0 fully saturated rings. The fourth-order valence-electron chi connectivity index (χ4n) is 1.57. The molecule has 0 spiro atoms. The molecule has 6 heteroatoms. The van der Waals surface area contributed by atoms with Crippen molar-refractivity contribution in [3.8, 4) is 0 Å². The quantitative estimate of drug-likeness (QED) is 0.671. The normalized spacial score (nSPS) is 12.6. The number of hydrogen-bond donors (Lipinski definition) is 2. The topological polar surface area (TPSA) is 50.9 Å². The first-order chi connectivity index (χ1) is 8.20. The number of nitrogens with one attached hydrogen (secondary N) is 1. The zero-order chi connectivity index (χ0) is 12.3. The molecule has 0 aliphatic carbocycles. The largest absolute Gasteiger partial charge is 0.271 e. The summed E-state index contributed by atoms with van der Waals surface area (Å²) in [5.74, 6) is 5.56. The highest BCUT2D eigenvalue weighted by atomic mass is 35.5. The SMILES string of the molecule is NNC(Cc1nccs1)c1ccc(Cl)cc1Cl. The van der Waals surface area contributed by atoms with E-state index in [0.29, 0.717) is 16.5 Å². The van der Waals surface area contributed by atoms with Crippen molar-refractivity contribution in [1.29, 1.82) is 0 Å². The second-order valence-corrected chi connectivity index (χ2v) is 5.34. The Morgan fingerprint density at radius 3 is 2.82 bits per heavy atom. The van der Waals surface area contributed by atoms with Crippen LogP contribution in [0.1, 0.15) is 16.6 Å². The van der Waals surface area contributed by atoms with Crippen molar-refractivity contribution < 1.29 is 0 Å². The van der Waals surface area contributed by atoms with Crippen molar-refractivity contribution in [3.05, 3.63) is 50.4 Å². The number of benzene rings is 1. The number of thiazole rings is 1. The lowest BCUT2D eigenvalue weighted by atomic mass is 10.0. The van der Waals surface area contributed by atoms with Crippen LogP contribution in [0.25, 0.3) is 0 Å². The second kappa shape index (κ2) is 5.80. The number of halogens is 2. The molecule has 90 valence electrons. The molecule has 0 saturated heterocycles. The van der Waals surface area contributed by atoms with E-state index in [4.69, 9.17) is 29.0 Å². The molecule has 1 atom stereocenters. The van der Waals surface area contributed by atoms with Crippen LogP contribution in [0.2, 0.25) is 10.0 Å². The summed E-state index contributed by atoms with van der Waals surface area (Å²) in [6.45, 7) is 0. The van der Waals surface area contributed by atoms with Crippen LogP contribution in [0.3, 0.4) is 0 Å². The molecule has 0 aliphatic heterocycles. The fourth-order valence-corrected chi connectivity index (χ4v) is 2.77. The van der Waals surface area contributed by atoms with Gasteiger partial charge in [-0.25, -0.2) is 4.98 Å². The van der Waals surface area contributed by atoms with E-state index >= 15 is 0 Å². The predicted molar refractivity (Wildman–Crippen MR) is 72.3 cm³/mol. The van der Waals surface area contributed by atoms with Crippen molar-refractivity contribution >= 4 is 34.5 Å². The monoisotopic (exact) mass is 287 g/mol. The lowest BCUT2D eigenvalue weighted by Crippen LogP contribution is -2.29. The Labute approximate surface area is 114 Å². The van der Waals surface area contributed by atoms with Gasteiger partial charge in [0, 0.05) is 28.0 Å². The maximum atomic E-state index is 6.15. The molecule has 1 heterocycles. The zero-order valence-corrected chi connectivity index (χ0v) is 11.2. The van der Waals surface area contributed by atoms with Crippen molar-refractivity contribution in [1.82, 2.24) is 10.4 Å². The maximum absolute atomic E-state index is 6.15. The molecule has 0 bridgehead atoms. The van der Waals surface area contributed by atoms with Crippen LogP contribution in [0.4, 0.5) is 0 Å². The molecular formula is C11H11Cl2N3S. The Balaban J connectivity index is 2.23. The van der Waals surface area contributed by atoms with Gasteiger partial charge in [0.05, 0.1) is 11.0 Å². The Morgan fingerprint density at radius 1 is 1.41 bits per heavy atom. The van der Waals surface area contributed by atoms with Gasteiger partial charge in [0.25, 0.3) is 0 Å². The molecule has 1 aromatic heterocycles. The Bertz CT molecular complexity index is 487. The summed E-state index contributed by atoms with van der Waals surface area (Å²) in [7, 11) is 0. The summed E-state index contributed by atoms with van der Waals surface area (Å²) >= 11 is 13.6. The Morgan fingerprint density at radius 2 is 2.24 bits per heavy atom. The minimum atomic E-state index is -0.0640. The zero-order valence-electron chi connectivity index (χ0n) is 8.86. The van der Waals surface area contributed by atoms with Crippen molar-refractivity contribution in [2.45, 2.75) is 12.5 Å². The van der Waals surface area contributed by atoms with Gasteiger partial charge in [-0.3, -0.25) is 11.3 Å². The van der Waals surface area contributed by atoms with Gasteiger partial charge in [0.2, 0.25) is 0 Å². The summed E-state index contributed by atoms with van der Waals surface area (Å²) in [5.41, 5.74) is 3.68. The summed E-state index contributed by atoms with van der Waals surface area (Å²) in [4.78, 5) is 4.23. The number of hydrogen-bond acceptors (Lipinski definition) is 4. The first kappa shape index (κ1) is 12.8. The average molecular weight is 288 g/mol. The number of nitrogens with zero attached hydrogens (tertiary/aromatic N) is 1. The molecule has 2 aromatic rings. The predicted octanol–water partition coefficient (Wildman–Crippen LogP) is 3.20. The van der Waals surface area contributed by atoms with E-state index < -0.39 is 0 Å². The van der Waals surface area contributed by atoms with Gasteiger partial charge in [-0.05, 0) is 17.7 Å². The summed E-state index contributed by atoms with van der Waals surface area (Å²) in [6.07, 6.45) is 2.48.